The van der Waals surface area contributed by atoms with E-state index in [9.17, 15) is 4.57 Å². The summed E-state index contributed by atoms with van der Waals surface area (Å²) in [4.78, 5) is 0. The van der Waals surface area contributed by atoms with Gasteiger partial charge in [0, 0.05) is 18.0 Å². The summed E-state index contributed by atoms with van der Waals surface area (Å²) in [7, 11) is -2.90. The minimum Gasteiger partial charge on any atom is -0.313 e. The van der Waals surface area contributed by atoms with Crippen LogP contribution in [0.3, 0.4) is 0 Å². The van der Waals surface area contributed by atoms with E-state index in [1.54, 1.807) is 0 Å². The summed E-state index contributed by atoms with van der Waals surface area (Å²) in [5, 5.41) is 0. The quantitative estimate of drug-likeness (QED) is 0.619. The van der Waals surface area contributed by atoms with Crippen LogP contribution >= 0.6 is 7.52 Å². The highest BCUT2D eigenvalue weighted by Crippen LogP contribution is 2.65. The lowest BCUT2D eigenvalue weighted by Gasteiger charge is -2.57. The first-order valence-electron chi connectivity index (χ1n) is 9.82. The first kappa shape index (κ1) is 19.1. The van der Waals surface area contributed by atoms with Crippen molar-refractivity contribution in [2.75, 3.05) is 6.54 Å². The fraction of sp³-hybridized carbons (Fsp3) is 0.714. The van der Waals surface area contributed by atoms with Gasteiger partial charge in [0.15, 0.2) is 0 Å². The van der Waals surface area contributed by atoms with E-state index < -0.39 is 7.52 Å². The lowest BCUT2D eigenvalue weighted by Crippen LogP contribution is -2.58. The number of benzene rings is 1. The van der Waals surface area contributed by atoms with Gasteiger partial charge in [0.05, 0.1) is 12.3 Å². The molecule has 0 N–H and O–H groups in total. The van der Waals surface area contributed by atoms with Gasteiger partial charge in [0.25, 0.3) is 7.52 Å². The van der Waals surface area contributed by atoms with E-state index in [1.807, 2.05) is 18.2 Å². The Morgan fingerprint density at radius 2 is 1.92 bits per heavy atom. The molecule has 0 amide bonds. The Hall–Kier alpha value is -0.630. The lowest BCUT2D eigenvalue weighted by molar-refractivity contribution is -0.0510. The summed E-state index contributed by atoms with van der Waals surface area (Å²) >= 11 is 0. The Bertz CT molecular complexity index is 628. The summed E-state index contributed by atoms with van der Waals surface area (Å²) in [6, 6.07) is 10.2. The van der Waals surface area contributed by atoms with Gasteiger partial charge in [-0.25, -0.2) is 4.67 Å². The van der Waals surface area contributed by atoms with Gasteiger partial charge in [-0.15, -0.1) is 0 Å². The van der Waals surface area contributed by atoms with Gasteiger partial charge in [-0.05, 0) is 44.1 Å². The molecule has 1 aliphatic heterocycles. The maximum atomic E-state index is 14.2. The Morgan fingerprint density at radius 3 is 2.56 bits per heavy atom. The normalized spacial score (nSPS) is 35.5. The van der Waals surface area contributed by atoms with E-state index in [2.05, 4.69) is 51.4 Å². The van der Waals surface area contributed by atoms with Crippen LogP contribution in [-0.4, -0.2) is 22.9 Å². The molecule has 0 bridgehead atoms. The first-order chi connectivity index (χ1) is 11.7. The van der Waals surface area contributed by atoms with Crippen LogP contribution < -0.4 is 0 Å². The molecule has 1 aromatic carbocycles. The molecule has 0 spiro atoms. The third kappa shape index (κ3) is 3.89. The van der Waals surface area contributed by atoms with Crippen LogP contribution in [0.4, 0.5) is 0 Å². The number of fused-ring (bicyclic) bond motifs is 1. The smallest absolute Gasteiger partial charge is 0.277 e. The van der Waals surface area contributed by atoms with E-state index in [0.29, 0.717) is 23.9 Å². The van der Waals surface area contributed by atoms with E-state index in [4.69, 9.17) is 4.52 Å². The number of hydrogen-bond acceptors (Lipinski definition) is 2. The topological polar surface area (TPSA) is 29.5 Å². The number of hydrogen-bond donors (Lipinski definition) is 0. The third-order valence-electron chi connectivity index (χ3n) is 6.06. The molecule has 4 heteroatoms. The molecule has 1 saturated carbocycles. The van der Waals surface area contributed by atoms with Crippen molar-refractivity contribution in [2.45, 2.75) is 71.7 Å². The number of rotatable bonds is 4. The van der Waals surface area contributed by atoms with Crippen LogP contribution in [0.1, 0.15) is 59.4 Å². The molecule has 2 fully saturated rings. The molecular weight excluding hydrogens is 329 g/mol. The highest BCUT2D eigenvalue weighted by Gasteiger charge is 2.55. The van der Waals surface area contributed by atoms with Crippen molar-refractivity contribution in [2.24, 2.45) is 17.8 Å². The average Bonchev–Trinajstić information content (AvgIpc) is 2.52. The summed E-state index contributed by atoms with van der Waals surface area (Å²) < 4.78 is 22.9. The van der Waals surface area contributed by atoms with Gasteiger partial charge < -0.3 is 4.52 Å². The zero-order chi connectivity index (χ0) is 18.2. The van der Waals surface area contributed by atoms with Crippen molar-refractivity contribution in [3.8, 4) is 0 Å². The van der Waals surface area contributed by atoms with Crippen molar-refractivity contribution in [1.82, 2.24) is 4.67 Å². The zero-order valence-corrected chi connectivity index (χ0v) is 17.3. The van der Waals surface area contributed by atoms with Gasteiger partial charge in [0.2, 0.25) is 0 Å². The van der Waals surface area contributed by atoms with E-state index in [-0.39, 0.29) is 11.6 Å². The second-order valence-corrected chi connectivity index (χ2v) is 11.4. The molecule has 0 aromatic heterocycles. The summed E-state index contributed by atoms with van der Waals surface area (Å²) in [5.41, 5.74) is 1.02. The molecule has 3 rings (SSSR count). The van der Waals surface area contributed by atoms with Crippen molar-refractivity contribution >= 4 is 7.52 Å². The SMILES string of the molecule is CC(C)CN1C(C)(C)[C@@H]2CC[C@@H](C)C[C@H]2O[P@]1(=O)Cc1ccccc1. The minimum atomic E-state index is -2.90. The highest BCUT2D eigenvalue weighted by molar-refractivity contribution is 7.55. The molecule has 3 nitrogen and oxygen atoms in total. The molecule has 0 radical (unpaired) electrons. The molecule has 140 valence electrons. The van der Waals surface area contributed by atoms with Crippen LogP contribution in [0.5, 0.6) is 0 Å². The lowest BCUT2D eigenvalue weighted by atomic mass is 9.71. The minimum absolute atomic E-state index is 0.0857. The first-order valence-corrected chi connectivity index (χ1v) is 11.6. The highest BCUT2D eigenvalue weighted by atomic mass is 31.2. The summed E-state index contributed by atoms with van der Waals surface area (Å²) in [6.45, 7) is 12.1. The van der Waals surface area contributed by atoms with Crippen molar-refractivity contribution in [1.29, 1.82) is 0 Å². The molecule has 2 aliphatic rings. The third-order valence-corrected chi connectivity index (χ3v) is 8.84. The van der Waals surface area contributed by atoms with Gasteiger partial charge in [-0.1, -0.05) is 57.5 Å². The summed E-state index contributed by atoms with van der Waals surface area (Å²) in [6.07, 6.45) is 4.13. The molecular formula is C21H34NO2P. The van der Waals surface area contributed by atoms with Crippen LogP contribution in [0, 0.1) is 17.8 Å². The van der Waals surface area contributed by atoms with Gasteiger partial charge in [-0.3, -0.25) is 4.57 Å². The van der Waals surface area contributed by atoms with Crippen LogP contribution in [0.25, 0.3) is 0 Å². The van der Waals surface area contributed by atoms with E-state index in [1.165, 1.54) is 12.8 Å². The summed E-state index contributed by atoms with van der Waals surface area (Å²) in [5.74, 6) is 1.60. The predicted molar refractivity (Wildman–Crippen MR) is 105 cm³/mol. The molecule has 1 aliphatic carbocycles. The fourth-order valence-electron chi connectivity index (χ4n) is 4.75. The molecule has 0 unspecified atom stereocenters. The van der Waals surface area contributed by atoms with Gasteiger partial charge in [-0.2, -0.15) is 0 Å². The van der Waals surface area contributed by atoms with Gasteiger partial charge >= 0.3 is 0 Å². The maximum Gasteiger partial charge on any atom is 0.277 e. The van der Waals surface area contributed by atoms with Crippen LogP contribution in [0.2, 0.25) is 0 Å². The maximum absolute atomic E-state index is 14.2. The Balaban J connectivity index is 1.96. The predicted octanol–water partition coefficient (Wildman–Crippen LogP) is 5.95. The molecule has 1 heterocycles. The Labute approximate surface area is 153 Å². The zero-order valence-electron chi connectivity index (χ0n) is 16.4. The molecule has 1 aromatic rings. The van der Waals surface area contributed by atoms with E-state index in [0.717, 1.165) is 18.5 Å². The molecule has 25 heavy (non-hydrogen) atoms. The Kier molecular flexibility index (Phi) is 5.49. The Morgan fingerprint density at radius 1 is 1.24 bits per heavy atom. The van der Waals surface area contributed by atoms with Crippen LogP contribution in [-0.2, 0) is 15.3 Å². The van der Waals surface area contributed by atoms with Crippen molar-refractivity contribution in [3.63, 3.8) is 0 Å². The van der Waals surface area contributed by atoms with Crippen molar-refractivity contribution in [3.05, 3.63) is 35.9 Å². The van der Waals surface area contributed by atoms with Gasteiger partial charge in [0.1, 0.15) is 0 Å². The largest absolute Gasteiger partial charge is 0.313 e. The van der Waals surface area contributed by atoms with Crippen molar-refractivity contribution < 1.29 is 9.09 Å². The average molecular weight is 363 g/mol. The van der Waals surface area contributed by atoms with E-state index >= 15 is 0 Å². The second kappa shape index (κ2) is 7.18. The molecule has 1 saturated heterocycles. The standard InChI is InChI=1S/C21H34NO2P/c1-16(2)14-22-21(4,5)19-12-11-17(3)13-20(19)24-25(22,23)15-18-9-7-6-8-10-18/h6-10,16-17,19-20H,11-15H2,1-5H3/t17-,19-,20-,25-/m1/s1. The monoisotopic (exact) mass is 363 g/mol. The fourth-order valence-corrected chi connectivity index (χ4v) is 7.94. The molecule has 4 atom stereocenters. The number of nitrogens with zero attached hydrogens (tertiary/aromatic N) is 1. The second-order valence-electron chi connectivity index (χ2n) is 9.08. The van der Waals surface area contributed by atoms with Crippen LogP contribution in [0.15, 0.2) is 30.3 Å².